The van der Waals surface area contributed by atoms with Gasteiger partial charge in [0.1, 0.15) is 11.5 Å². The van der Waals surface area contributed by atoms with E-state index in [2.05, 4.69) is 92.2 Å². The van der Waals surface area contributed by atoms with Gasteiger partial charge in [-0.2, -0.15) is 0 Å². The molecule has 4 heteroatoms. The predicted molar refractivity (Wildman–Crippen MR) is 132 cm³/mol. The number of methoxy groups -OCH3 is 2. The van der Waals surface area contributed by atoms with E-state index in [9.17, 15) is 0 Å². The van der Waals surface area contributed by atoms with E-state index in [4.69, 9.17) is 9.47 Å². The molecular formula is C25H30BrO2P. The van der Waals surface area contributed by atoms with E-state index in [1.807, 2.05) is 0 Å². The monoisotopic (exact) mass is 472 g/mol. The third-order valence-corrected chi connectivity index (χ3v) is 8.33. The first-order chi connectivity index (χ1) is 13.4. The summed E-state index contributed by atoms with van der Waals surface area (Å²) in [7, 11) is 2.75. The molecule has 0 aliphatic rings. The van der Waals surface area contributed by atoms with E-state index in [-0.39, 0.29) is 7.43 Å². The first-order valence-electron chi connectivity index (χ1n) is 9.22. The molecule has 0 atom stereocenters. The normalized spacial score (nSPS) is 10.6. The van der Waals surface area contributed by atoms with Crippen molar-refractivity contribution in [2.75, 3.05) is 14.2 Å². The number of benzene rings is 3. The Balaban J connectivity index is 0.00000300. The molecule has 29 heavy (non-hydrogen) atoms. The van der Waals surface area contributed by atoms with Crippen LogP contribution in [0.4, 0.5) is 0 Å². The van der Waals surface area contributed by atoms with Crippen LogP contribution < -0.4 is 25.4 Å². The summed E-state index contributed by atoms with van der Waals surface area (Å²) in [5.41, 5.74) is 4.66. The molecule has 0 unspecified atom stereocenters. The summed E-state index contributed by atoms with van der Waals surface area (Å²) in [6.07, 6.45) is 0. The van der Waals surface area contributed by atoms with E-state index in [1.165, 1.54) is 38.2 Å². The van der Waals surface area contributed by atoms with Gasteiger partial charge in [-0.1, -0.05) is 41.6 Å². The van der Waals surface area contributed by atoms with Crippen molar-refractivity contribution in [2.24, 2.45) is 0 Å². The lowest BCUT2D eigenvalue weighted by Gasteiger charge is -2.24. The van der Waals surface area contributed by atoms with Crippen molar-refractivity contribution < 1.29 is 9.47 Å². The van der Waals surface area contributed by atoms with Gasteiger partial charge in [-0.05, 0) is 104 Å². The summed E-state index contributed by atoms with van der Waals surface area (Å²) in [6, 6.07) is 17.6. The Bertz CT molecular complexity index is 908. The summed E-state index contributed by atoms with van der Waals surface area (Å²) in [6.45, 7) is 8.47. The molecule has 0 spiro atoms. The molecule has 3 rings (SSSR count). The Morgan fingerprint density at radius 1 is 0.690 bits per heavy atom. The maximum Gasteiger partial charge on any atom is 0.124 e. The minimum atomic E-state index is -0.724. The Morgan fingerprint density at radius 2 is 1.07 bits per heavy atom. The molecule has 3 aromatic carbocycles. The molecule has 0 aliphatic carbocycles. The second-order valence-electron chi connectivity index (χ2n) is 7.01. The van der Waals surface area contributed by atoms with Crippen molar-refractivity contribution in [2.45, 2.75) is 35.1 Å². The van der Waals surface area contributed by atoms with E-state index >= 15 is 0 Å². The first-order valence-corrected chi connectivity index (χ1v) is 11.4. The Morgan fingerprint density at radius 3 is 1.41 bits per heavy atom. The minimum absolute atomic E-state index is 0. The standard InChI is InChI=1S/C24H26BrO2P.CH4/c1-15-11-19(12-16(2)23(15)26-5)28(22-10-8-7-9-21(22)25)20-13-17(3)24(27-6)18(4)14-20;/h7-14H,1-6H3;1H4. The Kier molecular flexibility index (Phi) is 7.91. The van der Waals surface area contributed by atoms with Crippen LogP contribution in [0.25, 0.3) is 0 Å². The third-order valence-electron chi connectivity index (χ3n) is 4.91. The lowest BCUT2D eigenvalue weighted by atomic mass is 10.1. The van der Waals surface area contributed by atoms with Gasteiger partial charge in [0.05, 0.1) is 14.2 Å². The largest absolute Gasteiger partial charge is 0.496 e. The van der Waals surface area contributed by atoms with E-state index in [0.717, 1.165) is 16.0 Å². The average Bonchev–Trinajstić information content (AvgIpc) is 2.63. The molecule has 0 aliphatic heterocycles. The number of rotatable bonds is 5. The molecule has 0 saturated carbocycles. The van der Waals surface area contributed by atoms with Gasteiger partial charge in [-0.3, -0.25) is 0 Å². The fourth-order valence-corrected chi connectivity index (χ4v) is 7.30. The highest BCUT2D eigenvalue weighted by Gasteiger charge is 2.22. The van der Waals surface area contributed by atoms with Crippen LogP contribution in [-0.2, 0) is 0 Å². The molecule has 0 heterocycles. The molecular weight excluding hydrogens is 443 g/mol. The number of aryl methyl sites for hydroxylation is 4. The highest BCUT2D eigenvalue weighted by Crippen LogP contribution is 2.39. The van der Waals surface area contributed by atoms with Gasteiger partial charge in [0.15, 0.2) is 0 Å². The fraction of sp³-hybridized carbons (Fsp3) is 0.280. The predicted octanol–water partition coefficient (Wildman–Crippen LogP) is 6.09. The molecule has 3 aromatic rings. The Hall–Kier alpha value is -1.83. The van der Waals surface area contributed by atoms with Crippen LogP contribution in [0.15, 0.2) is 53.0 Å². The second kappa shape index (κ2) is 9.78. The van der Waals surface area contributed by atoms with Crippen LogP contribution in [0.1, 0.15) is 29.7 Å². The maximum absolute atomic E-state index is 5.60. The summed E-state index contributed by atoms with van der Waals surface area (Å²) >= 11 is 3.79. The topological polar surface area (TPSA) is 18.5 Å². The van der Waals surface area contributed by atoms with Crippen molar-refractivity contribution in [3.05, 3.63) is 75.3 Å². The zero-order valence-electron chi connectivity index (χ0n) is 17.3. The van der Waals surface area contributed by atoms with Crippen LogP contribution in [0, 0.1) is 27.7 Å². The summed E-state index contributed by atoms with van der Waals surface area (Å²) < 4.78 is 12.3. The SMILES string of the molecule is C.COc1c(C)cc(P(c2cc(C)c(OC)c(C)c2)c2ccccc2Br)cc1C. The molecule has 2 nitrogen and oxygen atoms in total. The summed E-state index contributed by atoms with van der Waals surface area (Å²) in [4.78, 5) is 0. The van der Waals surface area contributed by atoms with Gasteiger partial charge in [0.2, 0.25) is 0 Å². The molecule has 0 bridgehead atoms. The van der Waals surface area contributed by atoms with Crippen LogP contribution in [0.3, 0.4) is 0 Å². The van der Waals surface area contributed by atoms with Crippen LogP contribution >= 0.6 is 23.9 Å². The van der Waals surface area contributed by atoms with Crippen LogP contribution in [0.5, 0.6) is 11.5 Å². The van der Waals surface area contributed by atoms with Crippen molar-refractivity contribution in [3.63, 3.8) is 0 Å². The maximum atomic E-state index is 5.60. The molecule has 0 N–H and O–H groups in total. The highest BCUT2D eigenvalue weighted by molar-refractivity contribution is 9.10. The molecule has 0 aromatic heterocycles. The van der Waals surface area contributed by atoms with Crippen LogP contribution in [0.2, 0.25) is 0 Å². The van der Waals surface area contributed by atoms with E-state index in [0.29, 0.717) is 0 Å². The van der Waals surface area contributed by atoms with Gasteiger partial charge >= 0.3 is 0 Å². The molecule has 154 valence electrons. The average molecular weight is 473 g/mol. The van der Waals surface area contributed by atoms with Gasteiger partial charge in [0, 0.05) is 4.47 Å². The lowest BCUT2D eigenvalue weighted by Crippen LogP contribution is -2.23. The zero-order valence-corrected chi connectivity index (χ0v) is 19.7. The molecule has 0 fully saturated rings. The molecule has 0 amide bonds. The highest BCUT2D eigenvalue weighted by atomic mass is 79.9. The Labute approximate surface area is 185 Å². The molecule has 0 radical (unpaired) electrons. The van der Waals surface area contributed by atoms with Gasteiger partial charge in [-0.15, -0.1) is 0 Å². The number of hydrogen-bond donors (Lipinski definition) is 0. The van der Waals surface area contributed by atoms with E-state index in [1.54, 1.807) is 14.2 Å². The number of hydrogen-bond acceptors (Lipinski definition) is 2. The fourth-order valence-electron chi connectivity index (χ4n) is 3.82. The van der Waals surface area contributed by atoms with Crippen molar-refractivity contribution >= 4 is 39.8 Å². The van der Waals surface area contributed by atoms with Gasteiger partial charge in [0.25, 0.3) is 0 Å². The minimum Gasteiger partial charge on any atom is -0.496 e. The van der Waals surface area contributed by atoms with Gasteiger partial charge < -0.3 is 9.47 Å². The molecule has 0 saturated heterocycles. The second-order valence-corrected chi connectivity index (χ2v) is 10.1. The van der Waals surface area contributed by atoms with E-state index < -0.39 is 7.92 Å². The van der Waals surface area contributed by atoms with Crippen molar-refractivity contribution in [1.29, 1.82) is 0 Å². The number of halogens is 1. The smallest absolute Gasteiger partial charge is 0.124 e. The van der Waals surface area contributed by atoms with Gasteiger partial charge in [-0.25, -0.2) is 0 Å². The quantitative estimate of drug-likeness (QED) is 0.418. The van der Waals surface area contributed by atoms with Crippen molar-refractivity contribution in [1.82, 2.24) is 0 Å². The van der Waals surface area contributed by atoms with Crippen LogP contribution in [-0.4, -0.2) is 14.2 Å². The summed E-state index contributed by atoms with van der Waals surface area (Å²) in [5, 5.41) is 3.95. The lowest BCUT2D eigenvalue weighted by molar-refractivity contribution is 0.408. The van der Waals surface area contributed by atoms with Crippen molar-refractivity contribution in [3.8, 4) is 11.5 Å². The third kappa shape index (κ3) is 4.68. The zero-order chi connectivity index (χ0) is 20.4. The first kappa shape index (κ1) is 23.4. The summed E-state index contributed by atoms with van der Waals surface area (Å²) in [5.74, 6) is 1.93. The number of ether oxygens (including phenoxy) is 2.